The molecule has 0 saturated carbocycles. The fraction of sp³-hybridized carbons (Fsp3) is 0.0909. The molecule has 8 nitrogen and oxygen atoms in total. The van der Waals surface area contributed by atoms with Crippen LogP contribution in [0.2, 0.25) is 0 Å². The lowest BCUT2D eigenvalue weighted by molar-refractivity contribution is 0.370. The van der Waals surface area contributed by atoms with E-state index in [0.29, 0.717) is 22.5 Å². The number of halogens is 1. The quantitative estimate of drug-likeness (QED) is 0.436. The zero-order valence-corrected chi connectivity index (χ0v) is 16.4. The van der Waals surface area contributed by atoms with Crippen molar-refractivity contribution in [1.29, 1.82) is 0 Å². The van der Waals surface area contributed by atoms with E-state index in [1.807, 2.05) is 24.3 Å². The van der Waals surface area contributed by atoms with Crippen molar-refractivity contribution in [3.8, 4) is 28.4 Å². The largest absolute Gasteiger partial charge is 0.497 e. The Kier molecular flexibility index (Phi) is 4.55. The highest BCUT2D eigenvalue weighted by atomic mass is 19.1. The van der Waals surface area contributed by atoms with Gasteiger partial charge in [0.15, 0.2) is 0 Å². The lowest BCUT2D eigenvalue weighted by atomic mass is 10.1. The molecule has 31 heavy (non-hydrogen) atoms. The van der Waals surface area contributed by atoms with Crippen LogP contribution in [-0.2, 0) is 6.54 Å². The molecule has 0 atom stereocenters. The van der Waals surface area contributed by atoms with E-state index in [1.54, 1.807) is 37.7 Å². The first-order valence-corrected chi connectivity index (χ1v) is 9.42. The zero-order valence-electron chi connectivity index (χ0n) is 16.4. The molecule has 0 fully saturated rings. The summed E-state index contributed by atoms with van der Waals surface area (Å²) in [6.45, 7) is 0.0807. The maximum atomic E-state index is 13.4. The number of hydrogen-bond acceptors (Lipinski definition) is 6. The van der Waals surface area contributed by atoms with E-state index >= 15 is 0 Å². The van der Waals surface area contributed by atoms with E-state index < -0.39 is 5.82 Å². The summed E-state index contributed by atoms with van der Waals surface area (Å²) in [5.74, 6) is 0.807. The van der Waals surface area contributed by atoms with Gasteiger partial charge in [-0.3, -0.25) is 4.79 Å². The number of hydrogen-bond donors (Lipinski definition) is 0. The fourth-order valence-corrected chi connectivity index (χ4v) is 3.28. The molecule has 5 rings (SSSR count). The van der Waals surface area contributed by atoms with Gasteiger partial charge in [-0.1, -0.05) is 29.4 Å². The zero-order chi connectivity index (χ0) is 21.4. The van der Waals surface area contributed by atoms with Crippen molar-refractivity contribution in [3.63, 3.8) is 0 Å². The van der Waals surface area contributed by atoms with E-state index in [0.717, 1.165) is 5.56 Å². The van der Waals surface area contributed by atoms with Gasteiger partial charge in [0.05, 0.1) is 12.8 Å². The second-order valence-corrected chi connectivity index (χ2v) is 6.84. The molecule has 0 aliphatic rings. The minimum Gasteiger partial charge on any atom is -0.497 e. The molecule has 0 aliphatic heterocycles. The molecule has 0 radical (unpaired) electrons. The van der Waals surface area contributed by atoms with E-state index in [1.165, 1.54) is 21.2 Å². The standard InChI is InChI=1S/C22H16FN5O3/c1-30-17-7-3-4-14(11-17)18-12-19-22(29)27(8-9-28(19)25-18)13-20-24-21(26-31-20)15-5-2-6-16(23)10-15/h2-12H,13H2,1H3. The SMILES string of the molecule is COc1cccc(-c2cc3c(=O)n(Cc4nc(-c5cccc(F)c5)no4)ccn3n2)c1. The molecular formula is C22H16FN5O3. The van der Waals surface area contributed by atoms with Crippen molar-refractivity contribution in [3.05, 3.63) is 89.1 Å². The number of benzene rings is 2. The highest BCUT2D eigenvalue weighted by Gasteiger charge is 2.13. The number of aromatic nitrogens is 5. The summed E-state index contributed by atoms with van der Waals surface area (Å²) in [5, 5.41) is 8.36. The second kappa shape index (κ2) is 7.52. The van der Waals surface area contributed by atoms with Crippen LogP contribution in [0.1, 0.15) is 5.89 Å². The first-order valence-electron chi connectivity index (χ1n) is 9.42. The van der Waals surface area contributed by atoms with Gasteiger partial charge in [0.1, 0.15) is 23.6 Å². The van der Waals surface area contributed by atoms with Crippen molar-refractivity contribution in [2.24, 2.45) is 0 Å². The third-order valence-corrected chi connectivity index (χ3v) is 4.83. The van der Waals surface area contributed by atoms with Crippen LogP contribution in [0.25, 0.3) is 28.2 Å². The second-order valence-electron chi connectivity index (χ2n) is 6.84. The van der Waals surface area contributed by atoms with Gasteiger partial charge < -0.3 is 13.8 Å². The highest BCUT2D eigenvalue weighted by molar-refractivity contribution is 5.66. The van der Waals surface area contributed by atoms with Crippen molar-refractivity contribution in [2.45, 2.75) is 6.54 Å². The highest BCUT2D eigenvalue weighted by Crippen LogP contribution is 2.23. The van der Waals surface area contributed by atoms with E-state index in [2.05, 4.69) is 15.2 Å². The van der Waals surface area contributed by atoms with E-state index in [-0.39, 0.29) is 23.8 Å². The average molecular weight is 417 g/mol. The van der Waals surface area contributed by atoms with Gasteiger partial charge >= 0.3 is 0 Å². The molecule has 0 N–H and O–H groups in total. The summed E-state index contributed by atoms with van der Waals surface area (Å²) >= 11 is 0. The minimum absolute atomic E-state index is 0.0807. The number of rotatable bonds is 5. The molecule has 3 aromatic heterocycles. The van der Waals surface area contributed by atoms with Gasteiger partial charge in [-0.15, -0.1) is 0 Å². The molecule has 5 aromatic rings. The van der Waals surface area contributed by atoms with Gasteiger partial charge in [0, 0.05) is 23.5 Å². The first kappa shape index (κ1) is 18.7. The van der Waals surface area contributed by atoms with Gasteiger partial charge in [-0.25, -0.2) is 8.91 Å². The van der Waals surface area contributed by atoms with Crippen LogP contribution >= 0.6 is 0 Å². The predicted molar refractivity (Wildman–Crippen MR) is 110 cm³/mol. The summed E-state index contributed by atoms with van der Waals surface area (Å²) < 4.78 is 26.9. The predicted octanol–water partition coefficient (Wildman–Crippen LogP) is 3.41. The molecule has 0 saturated heterocycles. The Morgan fingerprint density at radius 1 is 1.06 bits per heavy atom. The molecule has 154 valence electrons. The van der Waals surface area contributed by atoms with Gasteiger partial charge in [-0.2, -0.15) is 10.1 Å². The maximum Gasteiger partial charge on any atom is 0.277 e. The lowest BCUT2D eigenvalue weighted by Gasteiger charge is -2.02. The van der Waals surface area contributed by atoms with Gasteiger partial charge in [0.2, 0.25) is 11.7 Å². The third-order valence-electron chi connectivity index (χ3n) is 4.83. The molecule has 0 bridgehead atoms. The van der Waals surface area contributed by atoms with Gasteiger partial charge in [-0.05, 0) is 30.3 Å². The molecule has 0 spiro atoms. The Morgan fingerprint density at radius 2 is 1.90 bits per heavy atom. The van der Waals surface area contributed by atoms with Crippen LogP contribution in [0.3, 0.4) is 0 Å². The number of fused-ring (bicyclic) bond motifs is 1. The first-order chi connectivity index (χ1) is 15.1. The van der Waals surface area contributed by atoms with Crippen LogP contribution in [0.4, 0.5) is 4.39 Å². The Morgan fingerprint density at radius 3 is 2.74 bits per heavy atom. The van der Waals surface area contributed by atoms with Gasteiger partial charge in [0.25, 0.3) is 5.56 Å². The summed E-state index contributed by atoms with van der Waals surface area (Å²) in [6.07, 6.45) is 3.29. The van der Waals surface area contributed by atoms with E-state index in [9.17, 15) is 9.18 Å². The van der Waals surface area contributed by atoms with Crippen LogP contribution in [0.15, 0.2) is 76.3 Å². The van der Waals surface area contributed by atoms with Crippen LogP contribution in [0, 0.1) is 5.82 Å². The third kappa shape index (κ3) is 3.57. The summed E-state index contributed by atoms with van der Waals surface area (Å²) in [7, 11) is 1.60. The Labute approximate surface area is 175 Å². The van der Waals surface area contributed by atoms with E-state index in [4.69, 9.17) is 9.26 Å². The van der Waals surface area contributed by atoms with Crippen molar-refractivity contribution >= 4 is 5.52 Å². The lowest BCUT2D eigenvalue weighted by Crippen LogP contribution is -2.21. The molecule has 0 aliphatic carbocycles. The molecule has 2 aromatic carbocycles. The molecule has 0 unspecified atom stereocenters. The van der Waals surface area contributed by atoms with Crippen molar-refractivity contribution in [2.75, 3.05) is 7.11 Å². The normalized spacial score (nSPS) is 11.2. The van der Waals surface area contributed by atoms with Crippen molar-refractivity contribution < 1.29 is 13.7 Å². The molecule has 3 heterocycles. The average Bonchev–Trinajstić information content (AvgIpc) is 3.44. The van der Waals surface area contributed by atoms with Crippen molar-refractivity contribution in [1.82, 2.24) is 24.3 Å². The summed E-state index contributed by atoms with van der Waals surface area (Å²) in [5.41, 5.74) is 2.14. The number of ether oxygens (including phenoxy) is 1. The number of methoxy groups -OCH3 is 1. The fourth-order valence-electron chi connectivity index (χ4n) is 3.28. The summed E-state index contributed by atoms with van der Waals surface area (Å²) in [6, 6.07) is 15.1. The monoisotopic (exact) mass is 417 g/mol. The van der Waals surface area contributed by atoms with Crippen LogP contribution in [-0.4, -0.2) is 31.4 Å². The number of nitrogens with zero attached hydrogens (tertiary/aromatic N) is 5. The smallest absolute Gasteiger partial charge is 0.277 e. The minimum atomic E-state index is -0.391. The Bertz CT molecular complexity index is 1450. The molecule has 0 amide bonds. The van der Waals surface area contributed by atoms with Crippen LogP contribution in [0.5, 0.6) is 5.75 Å². The van der Waals surface area contributed by atoms with Crippen LogP contribution < -0.4 is 10.3 Å². The topological polar surface area (TPSA) is 87.5 Å². The Balaban J connectivity index is 1.46. The molecular weight excluding hydrogens is 401 g/mol. The summed E-state index contributed by atoms with van der Waals surface area (Å²) in [4.78, 5) is 17.2. The Hall–Kier alpha value is -4.27. The maximum absolute atomic E-state index is 13.4. The molecule has 9 heteroatoms.